The molecule has 12 nitrogen and oxygen atoms in total. The van der Waals surface area contributed by atoms with E-state index in [-0.39, 0.29) is 6.35 Å². The Morgan fingerprint density at radius 3 is 1.15 bits per heavy atom. The molecule has 2 aromatic heterocycles. The lowest BCUT2D eigenvalue weighted by Gasteiger charge is -2.31. The van der Waals surface area contributed by atoms with E-state index in [0.29, 0.717) is 26.4 Å². The van der Waals surface area contributed by atoms with Crippen LogP contribution in [0.3, 0.4) is 0 Å². The van der Waals surface area contributed by atoms with Gasteiger partial charge in [0.2, 0.25) is 6.35 Å². The van der Waals surface area contributed by atoms with Crippen LogP contribution in [-0.2, 0) is 44.6 Å². The number of nitrogens with one attached hydrogen (secondary N) is 2. The molecule has 9 rings (SSSR count). The molecule has 6 aromatic rings. The minimum absolute atomic E-state index is 0.311. The van der Waals surface area contributed by atoms with Crippen molar-refractivity contribution in [3.63, 3.8) is 0 Å². The zero-order valence-electron chi connectivity index (χ0n) is 36.5. The number of anilines is 8. The van der Waals surface area contributed by atoms with E-state index in [1.165, 1.54) is 25.7 Å². The molecule has 0 bridgehead atoms. The number of nitrogens with zero attached hydrogens (tertiary/aromatic N) is 6. The summed E-state index contributed by atoms with van der Waals surface area (Å²) in [5.74, 6) is 3.33. The highest BCUT2D eigenvalue weighted by Crippen LogP contribution is 2.46. The molecule has 0 spiro atoms. The fraction of sp³-hybridized carbons (Fsp3) is 0.360. The molecule has 0 fully saturated rings. The molecule has 2 aliphatic carbocycles. The zero-order valence-corrected chi connectivity index (χ0v) is 36.5. The van der Waals surface area contributed by atoms with Crippen molar-refractivity contribution in [1.82, 2.24) is 19.9 Å². The summed E-state index contributed by atoms with van der Waals surface area (Å²) in [6.45, 7) is 9.73. The number of rotatable bonds is 14. The molecule has 12 heteroatoms. The third-order valence-electron chi connectivity index (χ3n) is 10.5. The van der Waals surface area contributed by atoms with Crippen LogP contribution in [0.2, 0.25) is 0 Å². The third-order valence-corrected chi connectivity index (χ3v) is 10.5. The van der Waals surface area contributed by atoms with Crippen molar-refractivity contribution in [2.45, 2.75) is 91.9 Å². The van der Waals surface area contributed by atoms with Gasteiger partial charge in [0.05, 0.1) is 22.8 Å². The van der Waals surface area contributed by atoms with Crippen LogP contribution in [0.5, 0.6) is 0 Å². The van der Waals surface area contributed by atoms with Crippen LogP contribution in [0, 0.1) is 0 Å². The normalized spacial score (nSPS) is 14.1. The third kappa shape index (κ3) is 11.3. The van der Waals surface area contributed by atoms with E-state index in [9.17, 15) is 0 Å². The van der Waals surface area contributed by atoms with Gasteiger partial charge in [-0.15, -0.1) is 0 Å². The van der Waals surface area contributed by atoms with Crippen molar-refractivity contribution < 1.29 is 18.9 Å². The van der Waals surface area contributed by atoms with Crippen LogP contribution < -0.4 is 20.4 Å². The first-order chi connectivity index (χ1) is 30.6. The van der Waals surface area contributed by atoms with Crippen LogP contribution >= 0.6 is 0 Å². The first kappa shape index (κ1) is 44.1. The zero-order chi connectivity index (χ0) is 42.9. The molecule has 4 aromatic carbocycles. The standard InChI is InChI=1S/C23H24N4O.C20H20N4.C7H16O3/c1-2-28-23-26(17-11-5-3-6-12-17)21-22(27(23)18-13-7-4-8-14-18)25-20-16-10-9-15-19(20)24-21;1-3-9-15(10-4-1)21-19-20(22-16-11-5-2-6-12-16)24-18-14-8-7-13-17(18)23-19;1-4-8-7(9-5-2)10-6-3/h3-8,11-14,23H,2,9-10,15-16H2,1H3;1-6,9-12H,7-8,13-14H2,(H,21,23)(H,22,24);7H,4-6H2,1-3H3. The highest BCUT2D eigenvalue weighted by atomic mass is 16.8. The van der Waals surface area contributed by atoms with Crippen LogP contribution in [0.15, 0.2) is 121 Å². The monoisotopic (exact) mass is 836 g/mol. The fourth-order valence-electron chi connectivity index (χ4n) is 7.63. The summed E-state index contributed by atoms with van der Waals surface area (Å²) in [5.41, 5.74) is 8.66. The summed E-state index contributed by atoms with van der Waals surface area (Å²) in [6, 6.07) is 40.9. The van der Waals surface area contributed by atoms with Crippen molar-refractivity contribution >= 4 is 46.0 Å². The number of fused-ring (bicyclic) bond motifs is 3. The Kier molecular flexibility index (Phi) is 16.2. The number of hydrogen-bond acceptors (Lipinski definition) is 12. The average Bonchev–Trinajstić information content (AvgIpc) is 3.62. The summed E-state index contributed by atoms with van der Waals surface area (Å²) in [4.78, 5) is 24.3. The predicted molar refractivity (Wildman–Crippen MR) is 248 cm³/mol. The largest absolute Gasteiger partial charge is 0.340 e. The second-order valence-corrected chi connectivity index (χ2v) is 14.8. The molecular formula is C50H60N8O4. The van der Waals surface area contributed by atoms with Crippen LogP contribution in [0.4, 0.5) is 46.0 Å². The topological polar surface area (TPSA) is 119 Å². The minimum atomic E-state index is -0.472. The van der Waals surface area contributed by atoms with Gasteiger partial charge >= 0.3 is 0 Å². The van der Waals surface area contributed by atoms with Gasteiger partial charge in [0.1, 0.15) is 0 Å². The van der Waals surface area contributed by atoms with Crippen molar-refractivity contribution in [2.24, 2.45) is 0 Å². The van der Waals surface area contributed by atoms with Gasteiger partial charge < -0.3 is 29.6 Å². The molecule has 0 amide bonds. The number of hydrogen-bond donors (Lipinski definition) is 2. The molecule has 324 valence electrons. The van der Waals surface area contributed by atoms with Gasteiger partial charge in [-0.05, 0) is 128 Å². The molecule has 0 radical (unpaired) electrons. The molecule has 0 saturated carbocycles. The highest BCUT2D eigenvalue weighted by molar-refractivity contribution is 5.83. The van der Waals surface area contributed by atoms with Gasteiger partial charge in [-0.25, -0.2) is 19.9 Å². The number of benzene rings is 4. The van der Waals surface area contributed by atoms with E-state index in [2.05, 4.69) is 69.0 Å². The average molecular weight is 837 g/mol. The van der Waals surface area contributed by atoms with Crippen molar-refractivity contribution in [1.29, 1.82) is 0 Å². The Morgan fingerprint density at radius 1 is 0.468 bits per heavy atom. The van der Waals surface area contributed by atoms with E-state index in [1.54, 1.807) is 0 Å². The Bertz CT molecular complexity index is 2090. The maximum Gasteiger partial charge on any atom is 0.271 e. The molecular weight excluding hydrogens is 777 g/mol. The number of aryl methyl sites for hydroxylation is 4. The lowest BCUT2D eigenvalue weighted by molar-refractivity contribution is -0.282. The molecule has 2 N–H and O–H groups in total. The lowest BCUT2D eigenvalue weighted by Crippen LogP contribution is -2.40. The van der Waals surface area contributed by atoms with Gasteiger partial charge in [-0.2, -0.15) is 0 Å². The van der Waals surface area contributed by atoms with E-state index >= 15 is 0 Å². The SMILES string of the molecule is CCOC(OCC)OCC.CCOC1N(c2ccccc2)c2nc3c(nc2N1c1ccccc1)CCCC3.c1ccc(Nc2nc3c(nc2Nc2ccccc2)CCCC3)cc1. The lowest BCUT2D eigenvalue weighted by atomic mass is 10.0. The molecule has 3 heterocycles. The van der Waals surface area contributed by atoms with E-state index < -0.39 is 6.48 Å². The van der Waals surface area contributed by atoms with Gasteiger partial charge in [0.15, 0.2) is 23.3 Å². The van der Waals surface area contributed by atoms with Gasteiger partial charge in [-0.1, -0.05) is 72.8 Å². The fourth-order valence-corrected chi connectivity index (χ4v) is 7.63. The van der Waals surface area contributed by atoms with E-state index in [4.69, 9.17) is 38.9 Å². The van der Waals surface area contributed by atoms with Crippen LogP contribution in [0.1, 0.15) is 76.2 Å². The van der Waals surface area contributed by atoms with Gasteiger partial charge in [-0.3, -0.25) is 9.80 Å². The number of para-hydroxylation sites is 4. The van der Waals surface area contributed by atoms with E-state index in [1.807, 2.05) is 100 Å². The summed E-state index contributed by atoms with van der Waals surface area (Å²) in [6.07, 6.45) is 8.47. The summed E-state index contributed by atoms with van der Waals surface area (Å²) >= 11 is 0. The van der Waals surface area contributed by atoms with Gasteiger partial charge in [0, 0.05) is 49.2 Å². The van der Waals surface area contributed by atoms with Crippen molar-refractivity contribution in [3.05, 3.63) is 144 Å². The molecule has 0 atom stereocenters. The Balaban J connectivity index is 0.000000155. The molecule has 0 saturated heterocycles. The minimum Gasteiger partial charge on any atom is -0.340 e. The number of aromatic nitrogens is 4. The van der Waals surface area contributed by atoms with Crippen LogP contribution in [0.25, 0.3) is 0 Å². The molecule has 0 unspecified atom stereocenters. The number of ether oxygens (including phenoxy) is 4. The quantitative estimate of drug-likeness (QED) is 0.102. The molecule has 62 heavy (non-hydrogen) atoms. The maximum absolute atomic E-state index is 6.25. The Labute approximate surface area is 366 Å². The van der Waals surface area contributed by atoms with Crippen LogP contribution in [-0.4, -0.2) is 59.2 Å². The first-order valence-electron chi connectivity index (χ1n) is 22.2. The Hall–Kier alpha value is -5.92. The first-order valence-corrected chi connectivity index (χ1v) is 22.2. The smallest absolute Gasteiger partial charge is 0.271 e. The second kappa shape index (κ2) is 22.8. The van der Waals surface area contributed by atoms with Crippen molar-refractivity contribution in [2.75, 3.05) is 46.9 Å². The van der Waals surface area contributed by atoms with Crippen molar-refractivity contribution in [3.8, 4) is 0 Å². The molecule has 1 aliphatic heterocycles. The summed E-state index contributed by atoms with van der Waals surface area (Å²) in [7, 11) is 0. The van der Waals surface area contributed by atoms with E-state index in [0.717, 1.165) is 94.5 Å². The molecule has 3 aliphatic rings. The predicted octanol–water partition coefficient (Wildman–Crippen LogP) is 11.2. The summed E-state index contributed by atoms with van der Waals surface area (Å²) in [5, 5.41) is 6.81. The second-order valence-electron chi connectivity index (χ2n) is 14.8. The van der Waals surface area contributed by atoms with Gasteiger partial charge in [0.25, 0.3) is 6.48 Å². The Morgan fingerprint density at radius 2 is 0.806 bits per heavy atom. The summed E-state index contributed by atoms with van der Waals surface area (Å²) < 4.78 is 21.5. The highest BCUT2D eigenvalue weighted by Gasteiger charge is 2.42. The maximum atomic E-state index is 6.25.